The van der Waals surface area contributed by atoms with Crippen LogP contribution in [0.3, 0.4) is 0 Å². The molecule has 2 atom stereocenters. The Morgan fingerprint density at radius 3 is 2.80 bits per heavy atom. The highest BCUT2D eigenvalue weighted by Crippen LogP contribution is 2.45. The van der Waals surface area contributed by atoms with Gasteiger partial charge in [-0.05, 0) is 30.9 Å². The van der Waals surface area contributed by atoms with Crippen LogP contribution in [0.5, 0.6) is 0 Å². The molecule has 1 aliphatic heterocycles. The van der Waals surface area contributed by atoms with E-state index in [0.29, 0.717) is 11.7 Å². The first-order valence-corrected chi connectivity index (χ1v) is 7.42. The zero-order valence-corrected chi connectivity index (χ0v) is 11.3. The molecule has 1 aliphatic carbocycles. The monoisotopic (exact) mass is 296 g/mol. The topological polar surface area (TPSA) is 70.5 Å². The zero-order valence-electron chi connectivity index (χ0n) is 10.5. The average Bonchev–Trinajstić information content (AvgIpc) is 3.17. The van der Waals surface area contributed by atoms with Crippen LogP contribution >= 0.6 is 11.8 Å². The summed E-state index contributed by atoms with van der Waals surface area (Å²) < 4.78 is 13.7. The summed E-state index contributed by atoms with van der Waals surface area (Å²) in [7, 11) is 0. The van der Waals surface area contributed by atoms with Crippen molar-refractivity contribution >= 4 is 23.6 Å². The van der Waals surface area contributed by atoms with Crippen LogP contribution in [0.1, 0.15) is 23.2 Å². The molecule has 5 nitrogen and oxygen atoms in total. The van der Waals surface area contributed by atoms with Crippen LogP contribution in [0.15, 0.2) is 18.3 Å². The lowest BCUT2D eigenvalue weighted by Gasteiger charge is -2.27. The Bertz CT molecular complexity index is 564. The van der Waals surface area contributed by atoms with Crippen LogP contribution in [0, 0.1) is 11.9 Å². The molecule has 2 unspecified atom stereocenters. The summed E-state index contributed by atoms with van der Waals surface area (Å²) in [5.74, 6) is -1.80. The number of pyridine rings is 1. The molecule has 0 bridgehead atoms. The van der Waals surface area contributed by atoms with E-state index in [1.54, 1.807) is 0 Å². The molecule has 0 aromatic carbocycles. The molecule has 0 radical (unpaired) electrons. The lowest BCUT2D eigenvalue weighted by Crippen LogP contribution is -2.46. The third-order valence-electron chi connectivity index (χ3n) is 3.57. The summed E-state index contributed by atoms with van der Waals surface area (Å²) in [4.78, 5) is 28.6. The molecule has 1 amide bonds. The molecule has 3 rings (SSSR count). The number of nitrogens with zero attached hydrogens (tertiary/aromatic N) is 2. The number of rotatable bonds is 3. The molecule has 20 heavy (non-hydrogen) atoms. The molecule has 0 spiro atoms. The van der Waals surface area contributed by atoms with Crippen molar-refractivity contribution in [3.8, 4) is 0 Å². The fourth-order valence-electron chi connectivity index (χ4n) is 2.40. The molecule has 1 N–H and O–H groups in total. The summed E-state index contributed by atoms with van der Waals surface area (Å²) in [5.41, 5.74) is -0.160. The lowest BCUT2D eigenvalue weighted by molar-refractivity contribution is -0.141. The fraction of sp³-hybridized carbons (Fsp3) is 0.462. The largest absolute Gasteiger partial charge is 0.480 e. The lowest BCUT2D eigenvalue weighted by atomic mass is 10.2. The molecule has 1 saturated heterocycles. The Morgan fingerprint density at radius 2 is 2.20 bits per heavy atom. The van der Waals surface area contributed by atoms with Gasteiger partial charge in [-0.15, -0.1) is 11.8 Å². The number of carbonyl (C=O) groups excluding carboxylic acids is 1. The van der Waals surface area contributed by atoms with Gasteiger partial charge < -0.3 is 10.0 Å². The Morgan fingerprint density at radius 1 is 1.45 bits per heavy atom. The molecule has 1 aromatic rings. The molecule has 1 aromatic heterocycles. The van der Waals surface area contributed by atoms with Gasteiger partial charge in [-0.25, -0.2) is 9.78 Å². The van der Waals surface area contributed by atoms with Crippen molar-refractivity contribution < 1.29 is 19.1 Å². The third kappa shape index (κ3) is 2.26. The number of carbonyl (C=O) groups is 2. The van der Waals surface area contributed by atoms with Gasteiger partial charge in [-0.3, -0.25) is 4.79 Å². The van der Waals surface area contributed by atoms with Crippen molar-refractivity contribution in [1.29, 1.82) is 0 Å². The van der Waals surface area contributed by atoms with Crippen molar-refractivity contribution in [2.75, 3.05) is 5.75 Å². The van der Waals surface area contributed by atoms with Crippen LogP contribution in [0.2, 0.25) is 0 Å². The van der Waals surface area contributed by atoms with Crippen molar-refractivity contribution in [2.24, 2.45) is 5.92 Å². The summed E-state index contributed by atoms with van der Waals surface area (Å²) in [6, 6.07) is 1.93. The van der Waals surface area contributed by atoms with E-state index < -0.39 is 23.9 Å². The van der Waals surface area contributed by atoms with E-state index in [-0.39, 0.29) is 10.9 Å². The van der Waals surface area contributed by atoms with E-state index >= 15 is 0 Å². The van der Waals surface area contributed by atoms with Crippen molar-refractivity contribution in [2.45, 2.75) is 24.3 Å². The van der Waals surface area contributed by atoms with Crippen LogP contribution in [0.4, 0.5) is 4.39 Å². The average molecular weight is 296 g/mol. The van der Waals surface area contributed by atoms with E-state index in [1.807, 2.05) is 0 Å². The SMILES string of the molecule is O=C(O)C1CSC(C2CC2)N1C(=O)c1cccnc1F. The first-order chi connectivity index (χ1) is 9.59. The molecule has 7 heteroatoms. The number of hydrogen-bond donors (Lipinski definition) is 1. The second kappa shape index (κ2) is 5.05. The van der Waals surface area contributed by atoms with Gasteiger partial charge in [0.2, 0.25) is 5.95 Å². The first-order valence-electron chi connectivity index (χ1n) is 6.37. The maximum atomic E-state index is 13.7. The first kappa shape index (κ1) is 13.4. The van der Waals surface area contributed by atoms with Gasteiger partial charge in [-0.2, -0.15) is 4.39 Å². The molecular weight excluding hydrogens is 283 g/mol. The Balaban J connectivity index is 1.93. The Hall–Kier alpha value is -1.63. The second-order valence-electron chi connectivity index (χ2n) is 4.97. The van der Waals surface area contributed by atoms with E-state index in [9.17, 15) is 19.1 Å². The number of halogens is 1. The van der Waals surface area contributed by atoms with Crippen LogP contribution in [-0.4, -0.2) is 44.0 Å². The third-order valence-corrected chi connectivity index (χ3v) is 5.03. The standard InChI is InChI=1S/C13H13FN2O3S/c14-10-8(2-1-5-15-10)11(17)16-9(13(18)19)6-20-12(16)7-3-4-7/h1-2,5,7,9,12H,3-4,6H2,(H,18,19). The maximum absolute atomic E-state index is 13.7. The molecule has 2 aliphatic rings. The molecule has 2 heterocycles. The molecule has 2 fully saturated rings. The number of carboxylic acids is 1. The smallest absolute Gasteiger partial charge is 0.327 e. The van der Waals surface area contributed by atoms with Gasteiger partial charge >= 0.3 is 5.97 Å². The van der Waals surface area contributed by atoms with E-state index in [2.05, 4.69) is 4.98 Å². The maximum Gasteiger partial charge on any atom is 0.327 e. The highest BCUT2D eigenvalue weighted by molar-refractivity contribution is 8.00. The minimum absolute atomic E-state index is 0.160. The highest BCUT2D eigenvalue weighted by Gasteiger charge is 2.48. The van der Waals surface area contributed by atoms with Crippen LogP contribution in [-0.2, 0) is 4.79 Å². The predicted molar refractivity (Wildman–Crippen MR) is 70.8 cm³/mol. The molecule has 106 valence electrons. The van der Waals surface area contributed by atoms with Crippen molar-refractivity contribution in [1.82, 2.24) is 9.88 Å². The zero-order chi connectivity index (χ0) is 14.3. The quantitative estimate of drug-likeness (QED) is 0.858. The summed E-state index contributed by atoms with van der Waals surface area (Å²) in [5, 5.41) is 9.09. The van der Waals surface area contributed by atoms with Gasteiger partial charge in [-0.1, -0.05) is 0 Å². The second-order valence-corrected chi connectivity index (χ2v) is 6.12. The van der Waals surface area contributed by atoms with Crippen molar-refractivity contribution in [3.63, 3.8) is 0 Å². The van der Waals surface area contributed by atoms with Gasteiger partial charge in [0.25, 0.3) is 5.91 Å². The van der Waals surface area contributed by atoms with E-state index in [0.717, 1.165) is 12.8 Å². The summed E-state index contributed by atoms with van der Waals surface area (Å²) in [6.07, 6.45) is 3.24. The number of thioether (sulfide) groups is 1. The van der Waals surface area contributed by atoms with Gasteiger partial charge in [0.15, 0.2) is 0 Å². The molecular formula is C13H13FN2O3S. The van der Waals surface area contributed by atoms with Crippen LogP contribution < -0.4 is 0 Å². The Kier molecular flexibility index (Phi) is 3.37. The van der Waals surface area contributed by atoms with Crippen LogP contribution in [0.25, 0.3) is 0 Å². The van der Waals surface area contributed by atoms with Gasteiger partial charge in [0, 0.05) is 11.9 Å². The number of amides is 1. The number of hydrogen-bond acceptors (Lipinski definition) is 4. The minimum atomic E-state index is -1.04. The highest BCUT2D eigenvalue weighted by atomic mass is 32.2. The molecule has 1 saturated carbocycles. The van der Waals surface area contributed by atoms with E-state index in [4.69, 9.17) is 0 Å². The predicted octanol–water partition coefficient (Wildman–Crippen LogP) is 1.60. The minimum Gasteiger partial charge on any atom is -0.480 e. The fourth-order valence-corrected chi connectivity index (χ4v) is 4.03. The summed E-state index contributed by atoms with van der Waals surface area (Å²) >= 11 is 1.47. The van der Waals surface area contributed by atoms with Crippen molar-refractivity contribution in [3.05, 3.63) is 29.8 Å². The number of aliphatic carboxylic acids is 1. The van der Waals surface area contributed by atoms with E-state index in [1.165, 1.54) is 35.0 Å². The number of carboxylic acid groups (broad SMARTS) is 1. The number of aromatic nitrogens is 1. The summed E-state index contributed by atoms with van der Waals surface area (Å²) in [6.45, 7) is 0. The Labute approximate surface area is 119 Å². The van der Waals surface area contributed by atoms with Gasteiger partial charge in [0.05, 0.1) is 10.9 Å². The normalized spacial score (nSPS) is 25.8. The van der Waals surface area contributed by atoms with Gasteiger partial charge in [0.1, 0.15) is 6.04 Å².